The van der Waals surface area contributed by atoms with Crippen LogP contribution in [0.1, 0.15) is 105 Å². The zero-order valence-corrected chi connectivity index (χ0v) is 40.2. The summed E-state index contributed by atoms with van der Waals surface area (Å²) in [6, 6.07) is 55.4. The molecule has 9 aromatic rings. The first kappa shape index (κ1) is 41.3. The van der Waals surface area contributed by atoms with Crippen molar-refractivity contribution in [3.8, 4) is 5.69 Å². The Bertz CT molecular complexity index is 3340. The van der Waals surface area contributed by atoms with Crippen LogP contribution in [0.5, 0.6) is 0 Å². The molecular weight excluding hydrogens is 789 g/mol. The van der Waals surface area contributed by atoms with Crippen LogP contribution in [0, 0.1) is 0 Å². The van der Waals surface area contributed by atoms with Crippen molar-refractivity contribution in [1.29, 1.82) is 0 Å². The average Bonchev–Trinajstić information content (AvgIpc) is 3.79. The first-order valence-electron chi connectivity index (χ1n) is 23.5. The molecule has 0 unspecified atom stereocenters. The van der Waals surface area contributed by atoms with E-state index in [1.54, 1.807) is 0 Å². The molecule has 2 aromatic heterocycles. The van der Waals surface area contributed by atoms with E-state index in [-0.39, 0.29) is 28.4 Å². The van der Waals surface area contributed by atoms with E-state index in [2.05, 4.69) is 243 Å². The third-order valence-electron chi connectivity index (χ3n) is 14.2. The standard InChI is InChI=1S/C60H60BN3O/c1-57(2,3)37-20-27-41(28-21-37)62-48-33-26-40(60(10,11)12)34-47(48)61-54-49(62)17-15-18-50(54)63(42-29-22-38(23-30-42)58(4,5)6)55-46-36-53-45(44-16-13-14-19-52(44)65-53)35-51(46)64(56(55)61)43-31-24-39(25-32-43)59(7,8)9/h13-36H,1-12H3. The van der Waals surface area contributed by atoms with Crippen molar-refractivity contribution < 1.29 is 4.42 Å². The van der Waals surface area contributed by atoms with Crippen molar-refractivity contribution in [1.82, 2.24) is 4.57 Å². The summed E-state index contributed by atoms with van der Waals surface area (Å²) in [5.74, 6) is 0. The maximum Gasteiger partial charge on any atom is 0.273 e. The van der Waals surface area contributed by atoms with Gasteiger partial charge in [-0.1, -0.05) is 156 Å². The third kappa shape index (κ3) is 6.48. The Morgan fingerprint density at radius 2 is 0.908 bits per heavy atom. The van der Waals surface area contributed by atoms with E-state index in [4.69, 9.17) is 4.42 Å². The van der Waals surface area contributed by atoms with Gasteiger partial charge in [-0.2, -0.15) is 0 Å². The van der Waals surface area contributed by atoms with E-state index in [9.17, 15) is 0 Å². The topological polar surface area (TPSA) is 24.6 Å². The van der Waals surface area contributed by atoms with Gasteiger partial charge in [0.25, 0.3) is 6.71 Å². The fourth-order valence-electron chi connectivity index (χ4n) is 10.5. The SMILES string of the molecule is CC(C)(C)c1ccc(N2c3ccc(C(C)(C)C)cc3B3c4c2cccc4N(c2ccc(C(C)(C)C)cc2)c2c3n(-c3ccc(C(C)(C)C)cc3)c3cc4c(cc23)oc2ccccc24)cc1. The maximum atomic E-state index is 6.73. The van der Waals surface area contributed by atoms with Crippen molar-refractivity contribution in [2.24, 2.45) is 0 Å². The molecular formula is C60H60BN3O. The van der Waals surface area contributed by atoms with E-state index in [0.29, 0.717) is 0 Å². The molecule has 0 saturated heterocycles. The van der Waals surface area contributed by atoms with Crippen molar-refractivity contribution >= 4 is 90.2 Å². The van der Waals surface area contributed by atoms with Crippen molar-refractivity contribution in [3.63, 3.8) is 0 Å². The highest BCUT2D eigenvalue weighted by molar-refractivity contribution is 7.00. The largest absolute Gasteiger partial charge is 0.456 e. The summed E-state index contributed by atoms with van der Waals surface area (Å²) in [7, 11) is 0. The molecule has 0 atom stereocenters. The smallest absolute Gasteiger partial charge is 0.273 e. The summed E-state index contributed by atoms with van der Waals surface area (Å²) >= 11 is 0. The fraction of sp³-hybridized carbons (Fsp3) is 0.267. The van der Waals surface area contributed by atoms with E-state index in [1.165, 1.54) is 61.5 Å². The predicted octanol–water partition coefficient (Wildman–Crippen LogP) is 14.8. The van der Waals surface area contributed by atoms with Crippen LogP contribution < -0.4 is 26.3 Å². The molecule has 7 aromatic carbocycles. The molecule has 324 valence electrons. The second-order valence-corrected chi connectivity index (χ2v) is 22.8. The quantitative estimate of drug-likeness (QED) is 0.166. The zero-order valence-electron chi connectivity index (χ0n) is 40.2. The van der Waals surface area contributed by atoms with Crippen LogP contribution in [0.25, 0.3) is 38.5 Å². The fourth-order valence-corrected chi connectivity index (χ4v) is 10.5. The molecule has 0 N–H and O–H groups in total. The summed E-state index contributed by atoms with van der Waals surface area (Å²) in [4.78, 5) is 5.09. The number of anilines is 6. The zero-order chi connectivity index (χ0) is 45.5. The molecule has 11 rings (SSSR count). The molecule has 5 heteroatoms. The Balaban J connectivity index is 1.30. The second kappa shape index (κ2) is 14.0. The highest BCUT2D eigenvalue weighted by Crippen LogP contribution is 2.49. The number of hydrogen-bond acceptors (Lipinski definition) is 3. The van der Waals surface area contributed by atoms with Crippen LogP contribution in [0.4, 0.5) is 34.1 Å². The number of hydrogen-bond donors (Lipinski definition) is 0. The number of rotatable bonds is 3. The van der Waals surface area contributed by atoms with Gasteiger partial charge in [0.15, 0.2) is 0 Å². The minimum Gasteiger partial charge on any atom is -0.456 e. The molecule has 0 aliphatic carbocycles. The Kier molecular flexibility index (Phi) is 8.90. The first-order valence-corrected chi connectivity index (χ1v) is 23.5. The van der Waals surface area contributed by atoms with Crippen LogP contribution in [-0.4, -0.2) is 11.3 Å². The van der Waals surface area contributed by atoms with Crippen LogP contribution in [0.3, 0.4) is 0 Å². The normalized spacial score (nSPS) is 14.1. The minimum atomic E-state index is -0.0959. The van der Waals surface area contributed by atoms with E-state index in [0.717, 1.165) is 49.9 Å². The van der Waals surface area contributed by atoms with E-state index < -0.39 is 0 Å². The molecule has 0 spiro atoms. The van der Waals surface area contributed by atoms with Crippen LogP contribution in [0.2, 0.25) is 0 Å². The summed E-state index contributed by atoms with van der Waals surface area (Å²) in [6.45, 7) is 27.6. The molecule has 2 aliphatic rings. The Morgan fingerprint density at radius 1 is 0.400 bits per heavy atom. The van der Waals surface area contributed by atoms with E-state index >= 15 is 0 Å². The van der Waals surface area contributed by atoms with Crippen molar-refractivity contribution in [3.05, 3.63) is 168 Å². The lowest BCUT2D eigenvalue weighted by molar-refractivity contribution is 0.590. The summed E-state index contributed by atoms with van der Waals surface area (Å²) in [6.07, 6.45) is 0. The lowest BCUT2D eigenvalue weighted by atomic mass is 9.34. The number of para-hydroxylation sites is 1. The van der Waals surface area contributed by atoms with Crippen molar-refractivity contribution in [2.75, 3.05) is 9.80 Å². The molecule has 0 radical (unpaired) electrons. The summed E-state index contributed by atoms with van der Waals surface area (Å²) < 4.78 is 9.33. The third-order valence-corrected chi connectivity index (χ3v) is 14.2. The van der Waals surface area contributed by atoms with Crippen LogP contribution >= 0.6 is 0 Å². The summed E-state index contributed by atoms with van der Waals surface area (Å²) in [5.41, 5.74) is 20.4. The van der Waals surface area contributed by atoms with Gasteiger partial charge in [0, 0.05) is 55.9 Å². The molecule has 0 bridgehead atoms. The molecule has 2 aliphatic heterocycles. The van der Waals surface area contributed by atoms with Gasteiger partial charge >= 0.3 is 0 Å². The molecule has 65 heavy (non-hydrogen) atoms. The molecule has 0 saturated carbocycles. The lowest BCUT2D eigenvalue weighted by Crippen LogP contribution is -2.63. The van der Waals surface area contributed by atoms with Gasteiger partial charge in [-0.3, -0.25) is 0 Å². The number of furan rings is 1. The first-order chi connectivity index (χ1) is 30.8. The molecule has 0 fully saturated rings. The summed E-state index contributed by atoms with van der Waals surface area (Å²) in [5, 5.41) is 3.42. The number of benzene rings is 7. The van der Waals surface area contributed by atoms with Gasteiger partial charge in [0.1, 0.15) is 11.2 Å². The van der Waals surface area contributed by atoms with Gasteiger partial charge in [0.2, 0.25) is 0 Å². The van der Waals surface area contributed by atoms with Gasteiger partial charge in [-0.15, -0.1) is 0 Å². The maximum absolute atomic E-state index is 6.73. The van der Waals surface area contributed by atoms with Gasteiger partial charge in [-0.05, 0) is 128 Å². The highest BCUT2D eigenvalue weighted by Gasteiger charge is 2.47. The Labute approximate surface area is 385 Å². The molecule has 0 amide bonds. The predicted molar refractivity (Wildman–Crippen MR) is 279 cm³/mol. The van der Waals surface area contributed by atoms with Crippen molar-refractivity contribution in [2.45, 2.75) is 105 Å². The molecule has 4 nitrogen and oxygen atoms in total. The van der Waals surface area contributed by atoms with Gasteiger partial charge in [0.05, 0.1) is 11.2 Å². The second-order valence-electron chi connectivity index (χ2n) is 22.8. The molecule has 4 heterocycles. The van der Waals surface area contributed by atoms with E-state index in [1.807, 2.05) is 0 Å². The lowest BCUT2D eigenvalue weighted by Gasteiger charge is -2.44. The average molecular weight is 850 g/mol. The number of aromatic nitrogens is 1. The Hall–Kier alpha value is -6.46. The van der Waals surface area contributed by atoms with Gasteiger partial charge in [-0.25, -0.2) is 0 Å². The number of nitrogens with zero attached hydrogens (tertiary/aromatic N) is 3. The highest BCUT2D eigenvalue weighted by atomic mass is 16.3. The Morgan fingerprint density at radius 3 is 1.48 bits per heavy atom. The van der Waals surface area contributed by atoms with Crippen LogP contribution in [-0.2, 0) is 21.7 Å². The number of fused-ring (bicyclic) bond motifs is 9. The monoisotopic (exact) mass is 849 g/mol. The van der Waals surface area contributed by atoms with Gasteiger partial charge < -0.3 is 18.8 Å². The van der Waals surface area contributed by atoms with Crippen LogP contribution in [0.15, 0.2) is 150 Å². The minimum absolute atomic E-state index is 0.0161.